The first kappa shape index (κ1) is 18.9. The van der Waals surface area contributed by atoms with Crippen LogP contribution in [0.3, 0.4) is 0 Å². The van der Waals surface area contributed by atoms with Crippen LogP contribution in [-0.4, -0.2) is 68.4 Å². The lowest BCUT2D eigenvalue weighted by Crippen LogP contribution is -2.50. The van der Waals surface area contributed by atoms with E-state index in [9.17, 15) is 18.0 Å². The van der Waals surface area contributed by atoms with Crippen LogP contribution in [0.1, 0.15) is 12.0 Å². The number of hydrogen-bond acceptors (Lipinski definition) is 5. The molecule has 6 nitrogen and oxygen atoms in total. The lowest BCUT2D eigenvalue weighted by molar-refractivity contribution is -0.137. The number of hydrogen-bond donors (Lipinski definition) is 0. The van der Waals surface area contributed by atoms with Gasteiger partial charge in [0.15, 0.2) is 0 Å². The first-order valence-corrected chi connectivity index (χ1v) is 8.65. The number of rotatable bonds is 5. The molecule has 0 radical (unpaired) electrons. The Hall–Kier alpha value is -1.87. The van der Waals surface area contributed by atoms with E-state index in [-0.39, 0.29) is 18.3 Å². The van der Waals surface area contributed by atoms with Gasteiger partial charge in [0, 0.05) is 44.9 Å². The zero-order chi connectivity index (χ0) is 18.6. The van der Waals surface area contributed by atoms with Crippen molar-refractivity contribution >= 4 is 11.7 Å². The number of amides is 1. The molecule has 1 atom stereocenters. The third kappa shape index (κ3) is 4.85. The zero-order valence-corrected chi connectivity index (χ0v) is 14.4. The molecule has 0 N–H and O–H groups in total. The van der Waals surface area contributed by atoms with E-state index in [2.05, 4.69) is 4.98 Å². The number of anilines is 1. The molecule has 0 unspecified atom stereocenters. The number of halogens is 3. The van der Waals surface area contributed by atoms with Gasteiger partial charge in [-0.25, -0.2) is 4.98 Å². The number of carbonyl (C=O) groups excluding carboxylic acids is 1. The molecule has 0 spiro atoms. The van der Waals surface area contributed by atoms with Crippen molar-refractivity contribution in [3.05, 3.63) is 23.9 Å². The van der Waals surface area contributed by atoms with Crippen LogP contribution >= 0.6 is 0 Å². The minimum atomic E-state index is -4.39. The van der Waals surface area contributed by atoms with Crippen LogP contribution in [0.4, 0.5) is 19.0 Å². The summed E-state index contributed by atoms with van der Waals surface area (Å²) in [5.41, 5.74) is -0.717. The minimum Gasteiger partial charge on any atom is -0.381 e. The quantitative estimate of drug-likeness (QED) is 0.788. The van der Waals surface area contributed by atoms with Crippen LogP contribution in [0.2, 0.25) is 0 Å². The number of carbonyl (C=O) groups is 1. The smallest absolute Gasteiger partial charge is 0.381 e. The molecule has 2 saturated heterocycles. The van der Waals surface area contributed by atoms with Gasteiger partial charge in [-0.05, 0) is 18.6 Å². The van der Waals surface area contributed by atoms with E-state index in [4.69, 9.17) is 9.47 Å². The van der Waals surface area contributed by atoms with Crippen molar-refractivity contribution in [1.29, 1.82) is 0 Å². The lowest BCUT2D eigenvalue weighted by atomic mass is 10.1. The molecule has 3 rings (SSSR count). The molecule has 0 bridgehead atoms. The highest BCUT2D eigenvalue weighted by Gasteiger charge is 2.31. The highest BCUT2D eigenvalue weighted by Crippen LogP contribution is 2.30. The normalized spacial score (nSPS) is 21.3. The van der Waals surface area contributed by atoms with E-state index in [1.165, 1.54) is 0 Å². The third-order valence-corrected chi connectivity index (χ3v) is 4.63. The lowest BCUT2D eigenvalue weighted by Gasteiger charge is -2.35. The van der Waals surface area contributed by atoms with Gasteiger partial charge in [-0.1, -0.05) is 0 Å². The molecular weight excluding hydrogens is 351 g/mol. The third-order valence-electron chi connectivity index (χ3n) is 4.63. The highest BCUT2D eigenvalue weighted by atomic mass is 19.4. The SMILES string of the molecule is O=C(COC[C@@H]1CCOC1)N1CCN(c2cc(C(F)(F)F)ccn2)CC1. The predicted octanol–water partition coefficient (Wildman–Crippen LogP) is 1.80. The van der Waals surface area contributed by atoms with Gasteiger partial charge >= 0.3 is 6.18 Å². The van der Waals surface area contributed by atoms with Gasteiger partial charge in [0.1, 0.15) is 12.4 Å². The van der Waals surface area contributed by atoms with Crippen molar-refractivity contribution in [1.82, 2.24) is 9.88 Å². The maximum absolute atomic E-state index is 12.8. The van der Waals surface area contributed by atoms with Crippen molar-refractivity contribution in [3.63, 3.8) is 0 Å². The average molecular weight is 373 g/mol. The Morgan fingerprint density at radius 1 is 1.31 bits per heavy atom. The van der Waals surface area contributed by atoms with E-state index in [1.807, 2.05) is 0 Å². The first-order chi connectivity index (χ1) is 12.4. The highest BCUT2D eigenvalue weighted by molar-refractivity contribution is 5.77. The summed E-state index contributed by atoms with van der Waals surface area (Å²) in [6.45, 7) is 3.72. The second-order valence-corrected chi connectivity index (χ2v) is 6.51. The van der Waals surface area contributed by atoms with Crippen LogP contribution in [0.15, 0.2) is 18.3 Å². The van der Waals surface area contributed by atoms with Crippen LogP contribution in [0, 0.1) is 5.92 Å². The Morgan fingerprint density at radius 3 is 2.73 bits per heavy atom. The summed E-state index contributed by atoms with van der Waals surface area (Å²) >= 11 is 0. The van der Waals surface area contributed by atoms with Gasteiger partial charge in [-0.2, -0.15) is 13.2 Å². The first-order valence-electron chi connectivity index (χ1n) is 8.65. The Morgan fingerprint density at radius 2 is 2.08 bits per heavy atom. The van der Waals surface area contributed by atoms with Crippen LogP contribution in [0.25, 0.3) is 0 Å². The molecule has 1 aromatic rings. The standard InChI is InChI=1S/C17H22F3N3O3/c18-17(19,20)14-1-3-21-15(9-14)22-4-6-23(7-5-22)16(24)12-26-11-13-2-8-25-10-13/h1,3,9,13H,2,4-8,10-12H2/t13-/m1/s1. The monoisotopic (exact) mass is 373 g/mol. The Labute approximate surface area is 149 Å². The maximum Gasteiger partial charge on any atom is 0.416 e. The fraction of sp³-hybridized carbons (Fsp3) is 0.647. The number of alkyl halides is 3. The van der Waals surface area contributed by atoms with Crippen LogP contribution < -0.4 is 4.90 Å². The van der Waals surface area contributed by atoms with Crippen molar-refractivity contribution in [3.8, 4) is 0 Å². The minimum absolute atomic E-state index is 0.0261. The van der Waals surface area contributed by atoms with E-state index in [1.54, 1.807) is 9.80 Å². The fourth-order valence-corrected chi connectivity index (χ4v) is 3.07. The summed E-state index contributed by atoms with van der Waals surface area (Å²) in [5, 5.41) is 0. The molecule has 0 saturated carbocycles. The van der Waals surface area contributed by atoms with E-state index in [0.717, 1.165) is 31.4 Å². The molecule has 0 aromatic carbocycles. The van der Waals surface area contributed by atoms with Gasteiger partial charge in [-0.3, -0.25) is 4.79 Å². The Bertz CT molecular complexity index is 613. The summed E-state index contributed by atoms with van der Waals surface area (Å²) in [4.78, 5) is 19.6. The molecule has 0 aliphatic carbocycles. The molecule has 2 aliphatic rings. The molecule has 9 heteroatoms. The summed E-state index contributed by atoms with van der Waals surface area (Å²) in [5.74, 6) is 0.539. The van der Waals surface area contributed by atoms with Gasteiger partial charge in [0.05, 0.1) is 18.8 Å². The molecule has 3 heterocycles. The van der Waals surface area contributed by atoms with Gasteiger partial charge < -0.3 is 19.3 Å². The number of nitrogens with zero attached hydrogens (tertiary/aromatic N) is 3. The van der Waals surface area contributed by atoms with Crippen molar-refractivity contribution < 1.29 is 27.4 Å². The largest absolute Gasteiger partial charge is 0.416 e. The second-order valence-electron chi connectivity index (χ2n) is 6.51. The Kier molecular flexibility index (Phi) is 5.98. The summed E-state index contributed by atoms with van der Waals surface area (Å²) in [7, 11) is 0. The topological polar surface area (TPSA) is 54.9 Å². The number of aromatic nitrogens is 1. The van der Waals surface area contributed by atoms with Gasteiger partial charge in [0.2, 0.25) is 5.91 Å². The molecule has 2 aliphatic heterocycles. The van der Waals surface area contributed by atoms with E-state index >= 15 is 0 Å². The molecule has 26 heavy (non-hydrogen) atoms. The molecule has 144 valence electrons. The molecule has 1 aromatic heterocycles. The van der Waals surface area contributed by atoms with E-state index < -0.39 is 11.7 Å². The molecular formula is C17H22F3N3O3. The maximum atomic E-state index is 12.8. The van der Waals surface area contributed by atoms with Crippen molar-refractivity contribution in [2.24, 2.45) is 5.92 Å². The van der Waals surface area contributed by atoms with Crippen molar-refractivity contribution in [2.75, 3.05) is 57.5 Å². The average Bonchev–Trinajstić information content (AvgIpc) is 3.15. The molecule has 2 fully saturated rings. The zero-order valence-electron chi connectivity index (χ0n) is 14.4. The Balaban J connectivity index is 1.45. The summed E-state index contributed by atoms with van der Waals surface area (Å²) in [6.07, 6.45) is -2.27. The van der Waals surface area contributed by atoms with Crippen LogP contribution in [-0.2, 0) is 20.4 Å². The molecule has 1 amide bonds. The predicted molar refractivity (Wildman–Crippen MR) is 87.8 cm³/mol. The summed E-state index contributed by atoms with van der Waals surface area (Å²) < 4.78 is 49.2. The van der Waals surface area contributed by atoms with Crippen LogP contribution in [0.5, 0.6) is 0 Å². The number of ether oxygens (including phenoxy) is 2. The van der Waals surface area contributed by atoms with Gasteiger partial charge in [0.25, 0.3) is 0 Å². The second kappa shape index (κ2) is 8.22. The van der Waals surface area contributed by atoms with E-state index in [0.29, 0.717) is 45.3 Å². The van der Waals surface area contributed by atoms with Crippen molar-refractivity contribution in [2.45, 2.75) is 12.6 Å². The summed E-state index contributed by atoms with van der Waals surface area (Å²) in [6, 6.07) is 2.00. The van der Waals surface area contributed by atoms with Gasteiger partial charge in [-0.15, -0.1) is 0 Å². The number of pyridine rings is 1. The fourth-order valence-electron chi connectivity index (χ4n) is 3.07. The number of piperazine rings is 1.